The largest absolute Gasteiger partial charge is 0.352 e. The number of carbonyl (C=O) groups is 1. The van der Waals surface area contributed by atoms with Crippen LogP contribution in [0.4, 0.5) is 5.82 Å². The molecule has 1 saturated heterocycles. The Morgan fingerprint density at radius 1 is 1.18 bits per heavy atom. The lowest BCUT2D eigenvalue weighted by Crippen LogP contribution is -2.49. The first kappa shape index (κ1) is 14.6. The molecule has 0 aliphatic carbocycles. The average molecular weight is 299 g/mol. The van der Waals surface area contributed by atoms with Crippen molar-refractivity contribution in [2.75, 3.05) is 31.1 Å². The quantitative estimate of drug-likeness (QED) is 0.867. The monoisotopic (exact) mass is 299 g/mol. The summed E-state index contributed by atoms with van der Waals surface area (Å²) in [6.07, 6.45) is 7.10. The molecule has 2 aromatic heterocycles. The van der Waals surface area contributed by atoms with Crippen molar-refractivity contribution in [2.45, 2.75) is 19.9 Å². The molecule has 1 aliphatic rings. The van der Waals surface area contributed by atoms with Crippen molar-refractivity contribution in [3.8, 4) is 0 Å². The molecule has 0 saturated carbocycles. The van der Waals surface area contributed by atoms with Gasteiger partial charge in [0.1, 0.15) is 11.5 Å². The third-order valence-electron chi connectivity index (χ3n) is 3.99. The summed E-state index contributed by atoms with van der Waals surface area (Å²) < 4.78 is 2.03. The fraction of sp³-hybridized carbons (Fsp3) is 0.438. The van der Waals surface area contributed by atoms with Gasteiger partial charge in [-0.15, -0.1) is 0 Å². The van der Waals surface area contributed by atoms with Crippen molar-refractivity contribution in [1.82, 2.24) is 19.4 Å². The number of piperazine rings is 1. The fourth-order valence-electron chi connectivity index (χ4n) is 2.78. The number of hydrogen-bond acceptors (Lipinski definition) is 4. The van der Waals surface area contributed by atoms with Gasteiger partial charge in [-0.3, -0.25) is 9.78 Å². The van der Waals surface area contributed by atoms with Crippen LogP contribution in [0.2, 0.25) is 0 Å². The zero-order valence-electron chi connectivity index (χ0n) is 13.0. The first-order valence-electron chi connectivity index (χ1n) is 7.64. The number of carbonyl (C=O) groups excluding carboxylic acids is 1. The molecular weight excluding hydrogens is 278 g/mol. The van der Waals surface area contributed by atoms with E-state index in [1.54, 1.807) is 18.6 Å². The van der Waals surface area contributed by atoms with Gasteiger partial charge in [0.15, 0.2) is 0 Å². The van der Waals surface area contributed by atoms with Crippen molar-refractivity contribution in [1.29, 1.82) is 0 Å². The number of hydrogen-bond donors (Lipinski definition) is 0. The Morgan fingerprint density at radius 2 is 1.95 bits per heavy atom. The molecule has 1 fully saturated rings. The summed E-state index contributed by atoms with van der Waals surface area (Å²) in [6.45, 7) is 7.16. The van der Waals surface area contributed by atoms with E-state index in [1.165, 1.54) is 0 Å². The zero-order valence-corrected chi connectivity index (χ0v) is 13.0. The maximum absolute atomic E-state index is 12.7. The summed E-state index contributed by atoms with van der Waals surface area (Å²) in [5.74, 6) is 0.984. The second kappa shape index (κ2) is 6.17. The minimum atomic E-state index is 0.109. The van der Waals surface area contributed by atoms with E-state index in [4.69, 9.17) is 0 Å². The van der Waals surface area contributed by atoms with Crippen molar-refractivity contribution in [3.63, 3.8) is 0 Å². The number of nitrogens with zero attached hydrogens (tertiary/aromatic N) is 5. The van der Waals surface area contributed by atoms with E-state index in [-0.39, 0.29) is 11.9 Å². The van der Waals surface area contributed by atoms with E-state index in [0.717, 1.165) is 24.6 Å². The second-order valence-corrected chi connectivity index (χ2v) is 5.74. The molecule has 6 heteroatoms. The van der Waals surface area contributed by atoms with Crippen LogP contribution in [-0.4, -0.2) is 51.5 Å². The van der Waals surface area contributed by atoms with Gasteiger partial charge in [-0.1, -0.05) is 0 Å². The highest BCUT2D eigenvalue weighted by Crippen LogP contribution is 2.16. The van der Waals surface area contributed by atoms with Gasteiger partial charge in [0, 0.05) is 50.8 Å². The van der Waals surface area contributed by atoms with Gasteiger partial charge in [-0.05, 0) is 26.0 Å². The van der Waals surface area contributed by atoms with Gasteiger partial charge in [0.2, 0.25) is 0 Å². The van der Waals surface area contributed by atoms with Crippen LogP contribution < -0.4 is 4.90 Å². The zero-order chi connectivity index (χ0) is 15.5. The van der Waals surface area contributed by atoms with Crippen LogP contribution in [0.5, 0.6) is 0 Å². The molecule has 3 heterocycles. The molecule has 0 N–H and O–H groups in total. The summed E-state index contributed by atoms with van der Waals surface area (Å²) in [4.78, 5) is 25.2. The summed E-state index contributed by atoms with van der Waals surface area (Å²) in [5.41, 5.74) is 0.767. The molecular formula is C16H21N5O. The van der Waals surface area contributed by atoms with Crippen molar-refractivity contribution < 1.29 is 4.79 Å². The predicted octanol–water partition coefficient (Wildman–Crippen LogP) is 1.82. The van der Waals surface area contributed by atoms with Crippen LogP contribution in [0.25, 0.3) is 0 Å². The van der Waals surface area contributed by atoms with Crippen molar-refractivity contribution in [2.24, 2.45) is 0 Å². The Balaban J connectivity index is 1.66. The maximum atomic E-state index is 12.7. The molecule has 0 spiro atoms. The van der Waals surface area contributed by atoms with Crippen LogP contribution in [0.1, 0.15) is 30.4 Å². The highest BCUT2D eigenvalue weighted by molar-refractivity contribution is 5.93. The second-order valence-electron chi connectivity index (χ2n) is 5.74. The van der Waals surface area contributed by atoms with Gasteiger partial charge in [-0.2, -0.15) is 0 Å². The molecule has 1 amide bonds. The third-order valence-corrected chi connectivity index (χ3v) is 3.99. The highest BCUT2D eigenvalue weighted by Gasteiger charge is 2.24. The molecule has 22 heavy (non-hydrogen) atoms. The normalized spacial score (nSPS) is 15.4. The Kier molecular flexibility index (Phi) is 4.09. The highest BCUT2D eigenvalue weighted by atomic mass is 16.2. The number of rotatable bonds is 3. The van der Waals surface area contributed by atoms with Gasteiger partial charge in [0.25, 0.3) is 5.91 Å². The van der Waals surface area contributed by atoms with E-state index >= 15 is 0 Å². The number of anilines is 1. The minimum Gasteiger partial charge on any atom is -0.352 e. The van der Waals surface area contributed by atoms with E-state index < -0.39 is 0 Å². The Hall–Kier alpha value is -2.37. The van der Waals surface area contributed by atoms with Crippen LogP contribution in [0.15, 0.2) is 36.9 Å². The van der Waals surface area contributed by atoms with E-state index in [2.05, 4.69) is 28.7 Å². The molecule has 3 rings (SSSR count). The molecule has 0 atom stereocenters. The lowest BCUT2D eigenvalue weighted by Gasteiger charge is -2.35. The summed E-state index contributed by atoms with van der Waals surface area (Å²) in [7, 11) is 0. The SMILES string of the molecule is CC(C)n1cccc1C(=O)N1CCN(c2cnccn2)CC1. The molecule has 0 radical (unpaired) electrons. The van der Waals surface area contributed by atoms with Crippen molar-refractivity contribution in [3.05, 3.63) is 42.6 Å². The molecule has 1 aliphatic heterocycles. The van der Waals surface area contributed by atoms with Gasteiger partial charge in [-0.25, -0.2) is 4.98 Å². The Morgan fingerprint density at radius 3 is 2.59 bits per heavy atom. The standard InChI is InChI=1S/C16H21N5O/c1-13(2)21-7-3-4-14(21)16(22)20-10-8-19(9-11-20)15-12-17-5-6-18-15/h3-7,12-13H,8-11H2,1-2H3. The van der Waals surface area contributed by atoms with Crippen molar-refractivity contribution >= 4 is 11.7 Å². The van der Waals surface area contributed by atoms with Gasteiger partial charge < -0.3 is 14.4 Å². The molecule has 0 bridgehead atoms. The van der Waals surface area contributed by atoms with E-state index in [1.807, 2.05) is 27.8 Å². The molecule has 2 aromatic rings. The van der Waals surface area contributed by atoms with Crippen LogP contribution in [-0.2, 0) is 0 Å². The summed E-state index contributed by atoms with van der Waals surface area (Å²) in [5, 5.41) is 0. The van der Waals surface area contributed by atoms with Crippen LogP contribution >= 0.6 is 0 Å². The number of aromatic nitrogens is 3. The predicted molar refractivity (Wildman–Crippen MR) is 85.0 cm³/mol. The third kappa shape index (κ3) is 2.81. The minimum absolute atomic E-state index is 0.109. The summed E-state index contributed by atoms with van der Waals surface area (Å²) in [6, 6.07) is 4.12. The molecule has 0 aromatic carbocycles. The smallest absolute Gasteiger partial charge is 0.270 e. The maximum Gasteiger partial charge on any atom is 0.270 e. The molecule has 116 valence electrons. The Bertz CT molecular complexity index is 629. The van der Waals surface area contributed by atoms with Crippen LogP contribution in [0.3, 0.4) is 0 Å². The lowest BCUT2D eigenvalue weighted by atomic mass is 10.2. The lowest BCUT2D eigenvalue weighted by molar-refractivity contribution is 0.0734. The van der Waals surface area contributed by atoms with E-state index in [9.17, 15) is 4.79 Å². The first-order chi connectivity index (χ1) is 10.7. The molecule has 6 nitrogen and oxygen atoms in total. The van der Waals surface area contributed by atoms with Gasteiger partial charge in [0.05, 0.1) is 6.20 Å². The first-order valence-corrected chi connectivity index (χ1v) is 7.64. The van der Waals surface area contributed by atoms with Crippen LogP contribution in [0, 0.1) is 0 Å². The Labute approximate surface area is 130 Å². The fourth-order valence-corrected chi connectivity index (χ4v) is 2.78. The van der Waals surface area contributed by atoms with E-state index in [0.29, 0.717) is 13.1 Å². The topological polar surface area (TPSA) is 54.3 Å². The average Bonchev–Trinajstić information content (AvgIpc) is 3.05. The summed E-state index contributed by atoms with van der Waals surface area (Å²) >= 11 is 0. The van der Waals surface area contributed by atoms with Gasteiger partial charge >= 0.3 is 0 Å². The number of amides is 1. The molecule has 0 unspecified atom stereocenters.